The number of carbonyl (C=O) groups excluding carboxylic acids is 1. The third-order valence-electron chi connectivity index (χ3n) is 3.97. The van der Waals surface area contributed by atoms with Crippen molar-refractivity contribution in [3.8, 4) is 0 Å². The van der Waals surface area contributed by atoms with Crippen molar-refractivity contribution in [3.05, 3.63) is 69.6 Å². The van der Waals surface area contributed by atoms with E-state index in [-0.39, 0.29) is 11.0 Å². The monoisotopic (exact) mass is 350 g/mol. The molecule has 0 aliphatic carbocycles. The van der Waals surface area contributed by atoms with Crippen LogP contribution in [0.15, 0.2) is 51.9 Å². The maximum Gasteiger partial charge on any atom is 0.264 e. The molecule has 2 heterocycles. The molecule has 0 fully saturated rings. The van der Waals surface area contributed by atoms with Crippen LogP contribution in [-0.2, 0) is 0 Å². The molecule has 1 amide bonds. The zero-order valence-electron chi connectivity index (χ0n) is 13.6. The predicted octanol–water partition coefficient (Wildman–Crippen LogP) is 4.27. The number of fused-ring (bicyclic) bond motifs is 2. The van der Waals surface area contributed by atoms with E-state index in [2.05, 4.69) is 10.3 Å². The second-order valence-corrected chi connectivity index (χ2v) is 6.91. The fourth-order valence-corrected chi connectivity index (χ4v) is 3.86. The van der Waals surface area contributed by atoms with Gasteiger partial charge in [0.25, 0.3) is 5.91 Å². The van der Waals surface area contributed by atoms with Crippen molar-refractivity contribution in [1.29, 1.82) is 0 Å². The van der Waals surface area contributed by atoms with Crippen LogP contribution >= 0.6 is 11.3 Å². The number of hydrogen-bond acceptors (Lipinski definition) is 5. The van der Waals surface area contributed by atoms with E-state index in [1.165, 1.54) is 17.6 Å². The van der Waals surface area contributed by atoms with Gasteiger partial charge >= 0.3 is 0 Å². The Morgan fingerprint density at radius 1 is 1.20 bits per heavy atom. The number of nitrogens with one attached hydrogen (secondary N) is 1. The van der Waals surface area contributed by atoms with Gasteiger partial charge in [-0.1, -0.05) is 29.5 Å². The first-order valence-corrected chi connectivity index (χ1v) is 8.54. The van der Waals surface area contributed by atoms with E-state index in [9.17, 15) is 9.59 Å². The third-order valence-corrected chi connectivity index (χ3v) is 4.89. The third kappa shape index (κ3) is 2.70. The Morgan fingerprint density at radius 3 is 2.84 bits per heavy atom. The van der Waals surface area contributed by atoms with Crippen molar-refractivity contribution in [2.75, 3.05) is 5.32 Å². The summed E-state index contributed by atoms with van der Waals surface area (Å²) in [6, 6.07) is 10.9. The van der Waals surface area contributed by atoms with Gasteiger partial charge in [-0.05, 0) is 43.2 Å². The van der Waals surface area contributed by atoms with Gasteiger partial charge in [0.2, 0.25) is 5.43 Å². The molecule has 2 aromatic heterocycles. The first kappa shape index (κ1) is 15.5. The summed E-state index contributed by atoms with van der Waals surface area (Å²) in [5.74, 6) is -0.520. The molecule has 124 valence electrons. The van der Waals surface area contributed by atoms with Crippen LogP contribution < -0.4 is 10.7 Å². The quantitative estimate of drug-likeness (QED) is 0.586. The number of rotatable bonds is 2. The van der Waals surface area contributed by atoms with Crippen molar-refractivity contribution in [2.24, 2.45) is 0 Å². The number of aromatic nitrogens is 1. The van der Waals surface area contributed by atoms with Crippen LogP contribution in [0.1, 0.15) is 21.5 Å². The molecule has 0 aliphatic rings. The molecule has 0 atom stereocenters. The molecule has 25 heavy (non-hydrogen) atoms. The largest absolute Gasteiger partial charge is 0.463 e. The molecular weight excluding hydrogens is 336 g/mol. The Hall–Kier alpha value is -2.99. The molecule has 0 radical (unpaired) electrons. The van der Waals surface area contributed by atoms with Gasteiger partial charge in [-0.15, -0.1) is 0 Å². The minimum absolute atomic E-state index is 0.0362. The van der Waals surface area contributed by atoms with Gasteiger partial charge in [0, 0.05) is 0 Å². The van der Waals surface area contributed by atoms with Crippen molar-refractivity contribution >= 4 is 43.6 Å². The SMILES string of the molecule is Cc1cc(C)c2nc(NC(=O)c3coc4ccccc4c3=O)sc2c1. The number of amides is 1. The van der Waals surface area contributed by atoms with Crippen molar-refractivity contribution in [2.45, 2.75) is 13.8 Å². The zero-order valence-corrected chi connectivity index (χ0v) is 14.4. The fraction of sp³-hybridized carbons (Fsp3) is 0.105. The summed E-state index contributed by atoms with van der Waals surface area (Å²) in [4.78, 5) is 29.5. The number of anilines is 1. The van der Waals surface area contributed by atoms with Crippen LogP contribution in [0.3, 0.4) is 0 Å². The second kappa shape index (κ2) is 5.82. The molecule has 0 spiro atoms. The number of aryl methyl sites for hydroxylation is 2. The average Bonchev–Trinajstić information content (AvgIpc) is 2.98. The summed E-state index contributed by atoms with van der Waals surface area (Å²) in [6.07, 6.45) is 1.20. The van der Waals surface area contributed by atoms with Gasteiger partial charge < -0.3 is 4.42 Å². The van der Waals surface area contributed by atoms with Crippen molar-refractivity contribution in [1.82, 2.24) is 4.98 Å². The highest BCUT2D eigenvalue weighted by Gasteiger charge is 2.16. The summed E-state index contributed by atoms with van der Waals surface area (Å²) < 4.78 is 6.40. The number of benzene rings is 2. The Kier molecular flexibility index (Phi) is 3.62. The van der Waals surface area contributed by atoms with Crippen LogP contribution in [0.4, 0.5) is 5.13 Å². The molecule has 4 rings (SSSR count). The standard InChI is InChI=1S/C19H14N2O3S/c1-10-7-11(2)16-15(8-10)25-19(20-16)21-18(23)13-9-24-14-6-4-3-5-12(14)17(13)22/h3-9H,1-2H3,(H,20,21,23). The Labute approximate surface area is 146 Å². The topological polar surface area (TPSA) is 72.2 Å². The lowest BCUT2D eigenvalue weighted by molar-refractivity contribution is 0.102. The van der Waals surface area contributed by atoms with E-state index in [0.717, 1.165) is 21.3 Å². The van der Waals surface area contributed by atoms with E-state index in [0.29, 0.717) is 16.1 Å². The zero-order chi connectivity index (χ0) is 17.6. The number of carbonyl (C=O) groups is 1. The van der Waals surface area contributed by atoms with Crippen molar-refractivity contribution in [3.63, 3.8) is 0 Å². The average molecular weight is 350 g/mol. The van der Waals surface area contributed by atoms with E-state index < -0.39 is 5.91 Å². The van der Waals surface area contributed by atoms with Gasteiger partial charge in [0.1, 0.15) is 17.4 Å². The fourth-order valence-electron chi connectivity index (χ4n) is 2.82. The van der Waals surface area contributed by atoms with Gasteiger partial charge in [0.15, 0.2) is 5.13 Å². The lowest BCUT2D eigenvalue weighted by Gasteiger charge is -2.02. The Bertz CT molecular complexity index is 1190. The van der Waals surface area contributed by atoms with E-state index in [1.54, 1.807) is 24.3 Å². The normalized spacial score (nSPS) is 11.1. The summed E-state index contributed by atoms with van der Waals surface area (Å²) in [5.41, 5.74) is 3.11. The van der Waals surface area contributed by atoms with Crippen LogP contribution in [0, 0.1) is 13.8 Å². The van der Waals surface area contributed by atoms with Crippen molar-refractivity contribution < 1.29 is 9.21 Å². The van der Waals surface area contributed by atoms with Crippen LogP contribution in [0.2, 0.25) is 0 Å². The molecule has 0 saturated carbocycles. The number of para-hydroxylation sites is 1. The summed E-state index contributed by atoms with van der Waals surface area (Å²) >= 11 is 1.38. The van der Waals surface area contributed by atoms with Gasteiger partial charge in [-0.3, -0.25) is 14.9 Å². The Balaban J connectivity index is 1.72. The maximum atomic E-state index is 12.5. The molecule has 2 aromatic carbocycles. The first-order valence-electron chi connectivity index (χ1n) is 7.72. The molecule has 5 nitrogen and oxygen atoms in total. The lowest BCUT2D eigenvalue weighted by atomic mass is 10.1. The molecule has 4 aromatic rings. The number of hydrogen-bond donors (Lipinski definition) is 1. The molecule has 0 saturated heterocycles. The molecule has 1 N–H and O–H groups in total. The second-order valence-electron chi connectivity index (χ2n) is 5.88. The smallest absolute Gasteiger partial charge is 0.264 e. The highest BCUT2D eigenvalue weighted by molar-refractivity contribution is 7.22. The summed E-state index contributed by atoms with van der Waals surface area (Å²) in [5, 5.41) is 3.55. The molecule has 0 unspecified atom stereocenters. The predicted molar refractivity (Wildman–Crippen MR) is 99.5 cm³/mol. The minimum Gasteiger partial charge on any atom is -0.463 e. The van der Waals surface area contributed by atoms with Gasteiger partial charge in [0.05, 0.1) is 15.6 Å². The van der Waals surface area contributed by atoms with E-state index in [4.69, 9.17) is 4.42 Å². The summed E-state index contributed by atoms with van der Waals surface area (Å²) in [6.45, 7) is 4.00. The van der Waals surface area contributed by atoms with Crippen LogP contribution in [0.5, 0.6) is 0 Å². The number of thiazole rings is 1. The van der Waals surface area contributed by atoms with E-state index in [1.807, 2.05) is 26.0 Å². The highest BCUT2D eigenvalue weighted by atomic mass is 32.1. The molecular formula is C19H14N2O3S. The number of nitrogens with zero attached hydrogens (tertiary/aromatic N) is 1. The highest BCUT2D eigenvalue weighted by Crippen LogP contribution is 2.29. The molecule has 0 bridgehead atoms. The van der Waals surface area contributed by atoms with Crippen LogP contribution in [-0.4, -0.2) is 10.9 Å². The maximum absolute atomic E-state index is 12.5. The van der Waals surface area contributed by atoms with Crippen LogP contribution in [0.25, 0.3) is 21.2 Å². The molecule has 6 heteroatoms. The first-order chi connectivity index (χ1) is 12.0. The van der Waals surface area contributed by atoms with Gasteiger partial charge in [-0.2, -0.15) is 0 Å². The van der Waals surface area contributed by atoms with Gasteiger partial charge in [-0.25, -0.2) is 4.98 Å². The Morgan fingerprint density at radius 2 is 2.00 bits per heavy atom. The minimum atomic E-state index is -0.520. The lowest BCUT2D eigenvalue weighted by Crippen LogP contribution is -2.21. The molecule has 0 aliphatic heterocycles. The van der Waals surface area contributed by atoms with E-state index >= 15 is 0 Å². The summed E-state index contributed by atoms with van der Waals surface area (Å²) in [7, 11) is 0.